The average Bonchev–Trinajstić information content (AvgIpc) is 2.25. The number of hydrogen-bond donors (Lipinski definition) is 2. The fourth-order valence-corrected chi connectivity index (χ4v) is 1.73. The molecule has 0 amide bonds. The van der Waals surface area contributed by atoms with Gasteiger partial charge >= 0.3 is 0 Å². The molecule has 0 aromatic rings. The summed E-state index contributed by atoms with van der Waals surface area (Å²) in [6.45, 7) is 5.49. The molecule has 0 aromatic heterocycles. The van der Waals surface area contributed by atoms with Crippen molar-refractivity contribution in [2.75, 3.05) is 0 Å². The third kappa shape index (κ3) is 1.76. The first kappa shape index (κ1) is 9.49. The van der Waals surface area contributed by atoms with Gasteiger partial charge in [0.1, 0.15) is 0 Å². The summed E-state index contributed by atoms with van der Waals surface area (Å²) in [7, 11) is 0. The molecule has 0 bridgehead atoms. The molecule has 4 atom stereocenters. The summed E-state index contributed by atoms with van der Waals surface area (Å²) in [5.41, 5.74) is 0. The predicted molar refractivity (Wildman–Crippen MR) is 48.6 cm³/mol. The summed E-state index contributed by atoms with van der Waals surface area (Å²) in [5, 5.41) is 19.1. The maximum Gasteiger partial charge on any atom is 0.0654 e. The van der Waals surface area contributed by atoms with Crippen molar-refractivity contribution < 1.29 is 10.2 Å². The topological polar surface area (TPSA) is 40.5 Å². The molecular formula is C10H16O2. The largest absolute Gasteiger partial charge is 0.392 e. The maximum absolute atomic E-state index is 9.61. The van der Waals surface area contributed by atoms with Gasteiger partial charge in [-0.3, -0.25) is 0 Å². The van der Waals surface area contributed by atoms with Crippen molar-refractivity contribution >= 4 is 0 Å². The summed E-state index contributed by atoms with van der Waals surface area (Å²) in [6, 6.07) is 0. The highest BCUT2D eigenvalue weighted by molar-refractivity contribution is 5.06. The van der Waals surface area contributed by atoms with Crippen LogP contribution in [0.25, 0.3) is 0 Å². The molecule has 0 saturated heterocycles. The van der Waals surface area contributed by atoms with Crippen LogP contribution in [-0.4, -0.2) is 22.4 Å². The van der Waals surface area contributed by atoms with Crippen molar-refractivity contribution in [3.63, 3.8) is 0 Å². The molecule has 1 fully saturated rings. The molecule has 0 radical (unpaired) electrons. The molecule has 12 heavy (non-hydrogen) atoms. The molecule has 68 valence electrons. The minimum atomic E-state index is -0.406. The third-order valence-electron chi connectivity index (χ3n) is 2.50. The second-order valence-electron chi connectivity index (χ2n) is 3.47. The lowest BCUT2D eigenvalue weighted by Gasteiger charge is -2.14. The van der Waals surface area contributed by atoms with Crippen LogP contribution in [0.1, 0.15) is 13.3 Å². The summed E-state index contributed by atoms with van der Waals surface area (Å²) in [5.74, 6) is 0.0810. The molecule has 4 unspecified atom stereocenters. The van der Waals surface area contributed by atoms with Crippen molar-refractivity contribution in [3.05, 3.63) is 24.8 Å². The first-order valence-electron chi connectivity index (χ1n) is 4.32. The molecule has 0 spiro atoms. The number of aliphatic hydroxyl groups is 2. The molecule has 0 heterocycles. The summed E-state index contributed by atoms with van der Waals surface area (Å²) in [4.78, 5) is 0. The molecule has 0 aliphatic heterocycles. The van der Waals surface area contributed by atoms with E-state index >= 15 is 0 Å². The fraction of sp³-hybridized carbons (Fsp3) is 0.600. The Labute approximate surface area is 73.2 Å². The van der Waals surface area contributed by atoms with E-state index in [4.69, 9.17) is 0 Å². The van der Waals surface area contributed by atoms with E-state index in [0.717, 1.165) is 0 Å². The Morgan fingerprint density at radius 3 is 2.50 bits per heavy atom. The lowest BCUT2D eigenvalue weighted by molar-refractivity contribution is 0.0814. The standard InChI is InChI=1S/C10H16O2/c1-3-4-5-8-9(11)6-7(2)10(8)12/h3-5,7-12H,1,6H2,2H3/b5-4+. The summed E-state index contributed by atoms with van der Waals surface area (Å²) in [6.07, 6.45) is 5.14. The van der Waals surface area contributed by atoms with Gasteiger partial charge in [0, 0.05) is 5.92 Å². The number of hydrogen-bond acceptors (Lipinski definition) is 2. The van der Waals surface area contributed by atoms with E-state index in [1.807, 2.05) is 13.0 Å². The van der Waals surface area contributed by atoms with Crippen LogP contribution in [0.15, 0.2) is 24.8 Å². The zero-order chi connectivity index (χ0) is 9.14. The van der Waals surface area contributed by atoms with Crippen molar-refractivity contribution in [1.82, 2.24) is 0 Å². The second kappa shape index (κ2) is 3.87. The Bertz CT molecular complexity index is 186. The van der Waals surface area contributed by atoms with Crippen molar-refractivity contribution in [2.45, 2.75) is 25.6 Å². The smallest absolute Gasteiger partial charge is 0.0654 e. The molecule has 2 nitrogen and oxygen atoms in total. The van der Waals surface area contributed by atoms with E-state index in [0.29, 0.717) is 6.42 Å². The summed E-state index contributed by atoms with van der Waals surface area (Å²) >= 11 is 0. The van der Waals surface area contributed by atoms with Gasteiger partial charge in [-0.05, 0) is 12.3 Å². The van der Waals surface area contributed by atoms with Crippen LogP contribution in [0.2, 0.25) is 0 Å². The molecule has 2 heteroatoms. The van der Waals surface area contributed by atoms with E-state index in [9.17, 15) is 10.2 Å². The average molecular weight is 168 g/mol. The monoisotopic (exact) mass is 168 g/mol. The van der Waals surface area contributed by atoms with Gasteiger partial charge in [-0.1, -0.05) is 31.7 Å². The van der Waals surface area contributed by atoms with Crippen LogP contribution >= 0.6 is 0 Å². The normalized spacial score (nSPS) is 42.2. The third-order valence-corrected chi connectivity index (χ3v) is 2.50. The van der Waals surface area contributed by atoms with Gasteiger partial charge in [-0.2, -0.15) is 0 Å². The molecule has 1 rings (SSSR count). The molecule has 0 aromatic carbocycles. The van der Waals surface area contributed by atoms with Crippen LogP contribution < -0.4 is 0 Å². The number of aliphatic hydroxyl groups excluding tert-OH is 2. The van der Waals surface area contributed by atoms with Crippen molar-refractivity contribution in [2.24, 2.45) is 11.8 Å². The van der Waals surface area contributed by atoms with Crippen LogP contribution in [0.4, 0.5) is 0 Å². The van der Waals surface area contributed by atoms with Crippen LogP contribution in [0, 0.1) is 11.8 Å². The zero-order valence-corrected chi connectivity index (χ0v) is 7.35. The van der Waals surface area contributed by atoms with Crippen LogP contribution in [0.3, 0.4) is 0 Å². The van der Waals surface area contributed by atoms with Gasteiger partial charge in [0.25, 0.3) is 0 Å². The lowest BCUT2D eigenvalue weighted by Crippen LogP contribution is -2.22. The second-order valence-corrected chi connectivity index (χ2v) is 3.47. The number of rotatable bonds is 2. The zero-order valence-electron chi connectivity index (χ0n) is 7.35. The summed E-state index contributed by atoms with van der Waals surface area (Å²) < 4.78 is 0. The molecule has 1 aliphatic carbocycles. The van der Waals surface area contributed by atoms with E-state index in [1.165, 1.54) is 0 Å². The molecule has 2 N–H and O–H groups in total. The van der Waals surface area contributed by atoms with Gasteiger partial charge in [0.15, 0.2) is 0 Å². The van der Waals surface area contributed by atoms with E-state index in [2.05, 4.69) is 6.58 Å². The highest BCUT2D eigenvalue weighted by Gasteiger charge is 2.37. The van der Waals surface area contributed by atoms with Gasteiger partial charge in [-0.25, -0.2) is 0 Å². The van der Waals surface area contributed by atoms with Gasteiger partial charge in [0.05, 0.1) is 12.2 Å². The van der Waals surface area contributed by atoms with E-state index in [-0.39, 0.29) is 11.8 Å². The molecular weight excluding hydrogens is 152 g/mol. The maximum atomic E-state index is 9.61. The molecule has 1 saturated carbocycles. The first-order valence-corrected chi connectivity index (χ1v) is 4.32. The van der Waals surface area contributed by atoms with Crippen molar-refractivity contribution in [3.8, 4) is 0 Å². The van der Waals surface area contributed by atoms with E-state index in [1.54, 1.807) is 12.2 Å². The van der Waals surface area contributed by atoms with Gasteiger partial charge in [0.2, 0.25) is 0 Å². The Morgan fingerprint density at radius 2 is 2.08 bits per heavy atom. The minimum Gasteiger partial charge on any atom is -0.392 e. The fourth-order valence-electron chi connectivity index (χ4n) is 1.73. The highest BCUT2D eigenvalue weighted by atomic mass is 16.3. The first-order chi connectivity index (χ1) is 5.66. The Kier molecular flexibility index (Phi) is 3.06. The van der Waals surface area contributed by atoms with E-state index < -0.39 is 12.2 Å². The van der Waals surface area contributed by atoms with Crippen LogP contribution in [-0.2, 0) is 0 Å². The Morgan fingerprint density at radius 1 is 1.42 bits per heavy atom. The Balaban J connectivity index is 2.62. The number of allylic oxidation sites excluding steroid dienone is 2. The van der Waals surface area contributed by atoms with Gasteiger partial charge in [-0.15, -0.1) is 0 Å². The molecule has 1 aliphatic rings. The predicted octanol–water partition coefficient (Wildman–Crippen LogP) is 1.11. The SMILES string of the molecule is C=C/C=C/C1C(O)CC(C)C1O. The highest BCUT2D eigenvalue weighted by Crippen LogP contribution is 2.32. The minimum absolute atomic E-state index is 0.113. The quantitative estimate of drug-likeness (QED) is 0.606. The van der Waals surface area contributed by atoms with Crippen molar-refractivity contribution in [1.29, 1.82) is 0 Å². The van der Waals surface area contributed by atoms with Crippen LogP contribution in [0.5, 0.6) is 0 Å². The van der Waals surface area contributed by atoms with Gasteiger partial charge < -0.3 is 10.2 Å². The Hall–Kier alpha value is -0.600. The lowest BCUT2D eigenvalue weighted by atomic mass is 10.0.